The van der Waals surface area contributed by atoms with E-state index >= 15 is 0 Å². The number of hydrogen-bond donors (Lipinski definition) is 2. The number of pyridine rings is 1. The van der Waals surface area contributed by atoms with Crippen molar-refractivity contribution in [1.29, 1.82) is 0 Å². The highest BCUT2D eigenvalue weighted by molar-refractivity contribution is 6.02. The van der Waals surface area contributed by atoms with E-state index in [1.807, 2.05) is 30.6 Å². The molecule has 7 nitrogen and oxygen atoms in total. The van der Waals surface area contributed by atoms with Crippen molar-refractivity contribution in [3.63, 3.8) is 0 Å². The summed E-state index contributed by atoms with van der Waals surface area (Å²) in [6.07, 6.45) is 8.30. The molecule has 4 heterocycles. The van der Waals surface area contributed by atoms with Crippen molar-refractivity contribution in [1.82, 2.24) is 9.88 Å². The van der Waals surface area contributed by atoms with Crippen LogP contribution in [0.1, 0.15) is 24.8 Å². The molecular formula is C29H29N6O+. The number of nitrogens with two attached hydrogens (primary N) is 1. The molecule has 1 aromatic heterocycles. The summed E-state index contributed by atoms with van der Waals surface area (Å²) in [6.45, 7) is 1.77. The largest absolute Gasteiger partial charge is 0.392 e. The van der Waals surface area contributed by atoms with Gasteiger partial charge in [-0.15, -0.1) is 4.59 Å². The minimum atomic E-state index is -0.185. The van der Waals surface area contributed by atoms with E-state index in [-0.39, 0.29) is 10.7 Å². The van der Waals surface area contributed by atoms with Crippen LogP contribution < -0.4 is 5.84 Å². The van der Waals surface area contributed by atoms with Crippen LogP contribution in [-0.4, -0.2) is 56.9 Å². The second kappa shape index (κ2) is 8.28. The van der Waals surface area contributed by atoms with Gasteiger partial charge >= 0.3 is 0 Å². The average molecular weight is 478 g/mol. The number of rotatable bonds is 4. The highest BCUT2D eigenvalue weighted by Gasteiger charge is 2.49. The number of hydrogen-bond acceptors (Lipinski definition) is 6. The lowest BCUT2D eigenvalue weighted by Crippen LogP contribution is -2.53. The van der Waals surface area contributed by atoms with Crippen LogP contribution in [0.4, 0.5) is 0 Å². The molecule has 4 aliphatic rings. The SMILES string of the molecule is N[N+]12C=CN=CC1=C(C1CC(N3CC[C@@H](O)C3)C1)N=C2c1ccc2ccc(-c3ccccc3)nc2c1. The fourth-order valence-corrected chi connectivity index (χ4v) is 5.94. The first-order chi connectivity index (χ1) is 17.6. The van der Waals surface area contributed by atoms with Gasteiger partial charge in [-0.3, -0.25) is 9.89 Å². The lowest BCUT2D eigenvalue weighted by atomic mass is 9.77. The summed E-state index contributed by atoms with van der Waals surface area (Å²) >= 11 is 0. The normalized spacial score (nSPS) is 29.5. The molecule has 1 saturated carbocycles. The Balaban J connectivity index is 1.22. The molecule has 3 aliphatic heterocycles. The van der Waals surface area contributed by atoms with Crippen LogP contribution in [0.25, 0.3) is 22.2 Å². The summed E-state index contributed by atoms with van der Waals surface area (Å²) in [5, 5.41) is 11.0. The average Bonchev–Trinajstić information content (AvgIpc) is 3.44. The van der Waals surface area contributed by atoms with Gasteiger partial charge in [0.2, 0.25) is 5.70 Å². The van der Waals surface area contributed by atoms with E-state index < -0.39 is 0 Å². The van der Waals surface area contributed by atoms with Gasteiger partial charge in [0.1, 0.15) is 11.9 Å². The Kier molecular flexibility index (Phi) is 5.01. The quantitative estimate of drug-likeness (QED) is 0.440. The van der Waals surface area contributed by atoms with Crippen molar-refractivity contribution >= 4 is 23.0 Å². The zero-order chi connectivity index (χ0) is 24.3. The molecule has 180 valence electrons. The van der Waals surface area contributed by atoms with Gasteiger partial charge in [0.05, 0.1) is 35.3 Å². The molecular weight excluding hydrogens is 448 g/mol. The Morgan fingerprint density at radius 3 is 2.64 bits per heavy atom. The van der Waals surface area contributed by atoms with Crippen LogP contribution in [0.3, 0.4) is 0 Å². The molecule has 7 rings (SSSR count). The Morgan fingerprint density at radius 2 is 1.83 bits per heavy atom. The molecule has 2 aromatic carbocycles. The van der Waals surface area contributed by atoms with Gasteiger partial charge in [-0.2, -0.15) is 10.8 Å². The second-order valence-electron chi connectivity index (χ2n) is 10.3. The number of fused-ring (bicyclic) bond motifs is 2. The number of aliphatic hydroxyl groups is 1. The van der Waals surface area contributed by atoms with Gasteiger partial charge in [-0.05, 0) is 37.5 Å². The maximum absolute atomic E-state index is 9.93. The third-order valence-electron chi connectivity index (χ3n) is 8.05. The summed E-state index contributed by atoms with van der Waals surface area (Å²) < 4.78 is 0.0340. The van der Waals surface area contributed by atoms with Gasteiger partial charge < -0.3 is 5.11 Å². The molecule has 0 radical (unpaired) electrons. The van der Waals surface area contributed by atoms with Crippen molar-refractivity contribution in [3.8, 4) is 11.3 Å². The number of likely N-dealkylation sites (tertiary alicyclic amines) is 1. The molecule has 3 N–H and O–H groups in total. The molecule has 0 bridgehead atoms. The molecule has 1 aliphatic carbocycles. The zero-order valence-corrected chi connectivity index (χ0v) is 20.0. The van der Waals surface area contributed by atoms with Crippen LogP contribution >= 0.6 is 0 Å². The first-order valence-corrected chi connectivity index (χ1v) is 12.7. The topological polar surface area (TPSA) is 87.1 Å². The van der Waals surface area contributed by atoms with Crippen molar-refractivity contribution in [2.24, 2.45) is 21.7 Å². The molecule has 2 fully saturated rings. The van der Waals surface area contributed by atoms with Gasteiger partial charge in [-0.1, -0.05) is 42.5 Å². The standard InChI is InChI=1S/C29H29N6O/c30-35-13-11-31-17-27(35)28(22-14-23(15-22)34-12-10-24(36)18-34)33-29(35)21-7-6-20-8-9-25(32-26(20)16-21)19-4-2-1-3-5-19/h1-9,11,13,16-17,22-24,36H,10,12,14-15,18,30H2/q+1/t22?,23?,24-,35?/m1/s1. The maximum Gasteiger partial charge on any atom is 0.264 e. The molecule has 2 atom stereocenters. The van der Waals surface area contributed by atoms with Crippen LogP contribution in [0.15, 0.2) is 94.4 Å². The lowest BCUT2D eigenvalue weighted by molar-refractivity contribution is -0.750. The summed E-state index contributed by atoms with van der Waals surface area (Å²) in [5.41, 5.74) is 5.92. The Hall–Kier alpha value is -3.49. The zero-order valence-electron chi connectivity index (χ0n) is 20.0. The fraction of sp³-hybridized carbons (Fsp3) is 0.276. The van der Waals surface area contributed by atoms with E-state index in [1.165, 1.54) is 0 Å². The monoisotopic (exact) mass is 477 g/mol. The van der Waals surface area contributed by atoms with Gasteiger partial charge in [0.25, 0.3) is 5.84 Å². The lowest BCUT2D eigenvalue weighted by Gasteiger charge is -2.41. The van der Waals surface area contributed by atoms with E-state index in [9.17, 15) is 5.11 Å². The number of aliphatic hydroxyl groups excluding tert-OH is 1. The number of benzene rings is 2. The smallest absolute Gasteiger partial charge is 0.264 e. The highest BCUT2D eigenvalue weighted by atomic mass is 16.3. The molecule has 0 spiro atoms. The van der Waals surface area contributed by atoms with E-state index in [2.05, 4.69) is 52.4 Å². The molecule has 7 heteroatoms. The number of aliphatic imine (C=N–C) groups is 2. The number of amidine groups is 1. The fourth-order valence-electron chi connectivity index (χ4n) is 5.94. The van der Waals surface area contributed by atoms with Gasteiger partial charge in [-0.25, -0.2) is 4.98 Å². The summed E-state index contributed by atoms with van der Waals surface area (Å²) in [5.74, 6) is 8.15. The third kappa shape index (κ3) is 3.47. The highest BCUT2D eigenvalue weighted by Crippen LogP contribution is 2.44. The predicted octanol–water partition coefficient (Wildman–Crippen LogP) is 3.96. The summed E-state index contributed by atoms with van der Waals surface area (Å²) in [4.78, 5) is 16.9. The minimum Gasteiger partial charge on any atom is -0.392 e. The van der Waals surface area contributed by atoms with Crippen molar-refractivity contribution < 1.29 is 9.70 Å². The van der Waals surface area contributed by atoms with Crippen molar-refractivity contribution in [2.75, 3.05) is 13.1 Å². The second-order valence-corrected chi connectivity index (χ2v) is 10.3. The Labute approximate surface area is 210 Å². The van der Waals surface area contributed by atoms with Crippen molar-refractivity contribution in [2.45, 2.75) is 31.4 Å². The number of nitrogens with zero attached hydrogens (tertiary/aromatic N) is 5. The third-order valence-corrected chi connectivity index (χ3v) is 8.05. The van der Waals surface area contributed by atoms with Crippen LogP contribution in [0.5, 0.6) is 0 Å². The van der Waals surface area contributed by atoms with Crippen LogP contribution in [0, 0.1) is 5.92 Å². The summed E-state index contributed by atoms with van der Waals surface area (Å²) in [6, 6.07) is 21.2. The van der Waals surface area contributed by atoms with E-state index in [0.29, 0.717) is 12.0 Å². The predicted molar refractivity (Wildman–Crippen MR) is 142 cm³/mol. The molecule has 1 saturated heterocycles. The van der Waals surface area contributed by atoms with Gasteiger partial charge in [0, 0.05) is 36.0 Å². The van der Waals surface area contributed by atoms with E-state index in [0.717, 1.165) is 77.3 Å². The number of allylic oxidation sites excluding steroid dienone is 2. The number of β-amino-alcohol motifs (C(OH)–C–C–N with tert-alkyl or cyclic N) is 1. The van der Waals surface area contributed by atoms with Crippen LogP contribution in [0.2, 0.25) is 0 Å². The van der Waals surface area contributed by atoms with Gasteiger partial charge in [0.15, 0.2) is 0 Å². The first-order valence-electron chi connectivity index (χ1n) is 12.7. The van der Waals surface area contributed by atoms with Crippen molar-refractivity contribution in [3.05, 3.63) is 90.0 Å². The molecule has 0 amide bonds. The van der Waals surface area contributed by atoms with Crippen LogP contribution in [-0.2, 0) is 0 Å². The summed E-state index contributed by atoms with van der Waals surface area (Å²) in [7, 11) is 0. The Bertz CT molecular complexity index is 1470. The molecule has 36 heavy (non-hydrogen) atoms. The van der Waals surface area contributed by atoms with E-state index in [4.69, 9.17) is 15.8 Å². The maximum atomic E-state index is 9.93. The minimum absolute atomic E-state index is 0.0340. The Morgan fingerprint density at radius 1 is 1.00 bits per heavy atom. The van der Waals surface area contributed by atoms with E-state index in [1.54, 1.807) is 6.20 Å². The first kappa shape index (κ1) is 21.8. The number of quaternary nitrogens is 1. The number of aromatic nitrogens is 1. The molecule has 3 aromatic rings. The molecule has 1 unspecified atom stereocenters.